The molecule has 0 saturated carbocycles. The van der Waals surface area contributed by atoms with Crippen LogP contribution in [0.15, 0.2) is 28.8 Å². The van der Waals surface area contributed by atoms with E-state index in [9.17, 15) is 0 Å². The highest BCUT2D eigenvalue weighted by molar-refractivity contribution is 6.65. The average Bonchev–Trinajstić information content (AvgIpc) is 2.72. The minimum absolute atomic E-state index is 0.461. The minimum Gasteiger partial charge on any atom is -0.263 e. The van der Waals surface area contributed by atoms with Crippen molar-refractivity contribution < 1.29 is 0 Å². The van der Waals surface area contributed by atoms with Crippen molar-refractivity contribution >= 4 is 28.3 Å². The van der Waals surface area contributed by atoms with Crippen molar-refractivity contribution in [2.75, 3.05) is 0 Å². The fourth-order valence-electron chi connectivity index (χ4n) is 1.64. The Bertz CT molecular complexity index is 493. The van der Waals surface area contributed by atoms with Crippen LogP contribution >= 0.6 is 11.6 Å². The van der Waals surface area contributed by atoms with Gasteiger partial charge in [0.05, 0.1) is 11.4 Å². The van der Waals surface area contributed by atoms with Crippen LogP contribution in [0, 0.1) is 5.92 Å². The summed E-state index contributed by atoms with van der Waals surface area (Å²) in [4.78, 5) is 8.41. The molecule has 4 nitrogen and oxygen atoms in total. The quantitative estimate of drug-likeness (QED) is 0.594. The van der Waals surface area contributed by atoms with Crippen molar-refractivity contribution in [3.63, 3.8) is 0 Å². The summed E-state index contributed by atoms with van der Waals surface area (Å²) in [5.41, 5.74) is 1.57. The molecule has 0 spiro atoms. The van der Waals surface area contributed by atoms with Gasteiger partial charge < -0.3 is 0 Å². The standard InChI is InChI=1S/C14H21ClN4/c1-10(2)7-9-19-14(6-8-16-19)11(3)17-13(5)18-12(4)15/h6,8,10H,3,7,9H2,1-2,4-5H3. The Morgan fingerprint density at radius 1 is 1.42 bits per heavy atom. The zero-order valence-corrected chi connectivity index (χ0v) is 12.8. The smallest absolute Gasteiger partial charge is 0.127 e. The van der Waals surface area contributed by atoms with Crippen LogP contribution in [0.4, 0.5) is 0 Å². The van der Waals surface area contributed by atoms with E-state index >= 15 is 0 Å². The molecule has 0 radical (unpaired) electrons. The van der Waals surface area contributed by atoms with Gasteiger partial charge in [-0.15, -0.1) is 0 Å². The number of aliphatic imine (C=N–C) groups is 2. The van der Waals surface area contributed by atoms with Gasteiger partial charge in [-0.05, 0) is 32.3 Å². The number of halogens is 1. The second-order valence-electron chi connectivity index (χ2n) is 4.84. The lowest BCUT2D eigenvalue weighted by atomic mass is 10.1. The van der Waals surface area contributed by atoms with Gasteiger partial charge in [0, 0.05) is 12.7 Å². The zero-order chi connectivity index (χ0) is 14.4. The Morgan fingerprint density at radius 3 is 2.68 bits per heavy atom. The van der Waals surface area contributed by atoms with Crippen LogP contribution < -0.4 is 0 Å². The van der Waals surface area contributed by atoms with Crippen LogP contribution in [0.25, 0.3) is 5.70 Å². The van der Waals surface area contributed by atoms with Crippen LogP contribution in [0.5, 0.6) is 0 Å². The molecule has 5 heteroatoms. The van der Waals surface area contributed by atoms with Crippen molar-refractivity contribution in [2.45, 2.75) is 40.7 Å². The lowest BCUT2D eigenvalue weighted by molar-refractivity contribution is 0.484. The van der Waals surface area contributed by atoms with Crippen LogP contribution in [0.1, 0.15) is 39.8 Å². The normalized spacial score (nSPS) is 13.2. The van der Waals surface area contributed by atoms with Gasteiger partial charge in [0.15, 0.2) is 0 Å². The van der Waals surface area contributed by atoms with Crippen LogP contribution in [0.2, 0.25) is 0 Å². The molecule has 0 saturated heterocycles. The molecule has 0 fully saturated rings. The molecular weight excluding hydrogens is 260 g/mol. The highest BCUT2D eigenvalue weighted by Crippen LogP contribution is 2.15. The van der Waals surface area contributed by atoms with Crippen LogP contribution in [-0.4, -0.2) is 20.8 Å². The first kappa shape index (κ1) is 15.6. The topological polar surface area (TPSA) is 42.5 Å². The molecule has 19 heavy (non-hydrogen) atoms. The molecule has 0 amide bonds. The van der Waals surface area contributed by atoms with E-state index < -0.39 is 0 Å². The van der Waals surface area contributed by atoms with Gasteiger partial charge in [-0.25, -0.2) is 9.98 Å². The number of aromatic nitrogens is 2. The van der Waals surface area contributed by atoms with E-state index in [1.54, 1.807) is 20.0 Å². The highest BCUT2D eigenvalue weighted by Gasteiger charge is 2.06. The van der Waals surface area contributed by atoms with E-state index in [2.05, 4.69) is 35.5 Å². The molecule has 1 heterocycles. The Kier molecular flexibility index (Phi) is 5.96. The lowest BCUT2D eigenvalue weighted by Gasteiger charge is -2.09. The van der Waals surface area contributed by atoms with Crippen LogP contribution in [-0.2, 0) is 6.54 Å². The van der Waals surface area contributed by atoms with Gasteiger partial charge in [0.25, 0.3) is 0 Å². The summed E-state index contributed by atoms with van der Waals surface area (Å²) in [6, 6.07) is 1.91. The molecule has 1 rings (SSSR count). The fourth-order valence-corrected chi connectivity index (χ4v) is 1.76. The average molecular weight is 281 g/mol. The summed E-state index contributed by atoms with van der Waals surface area (Å²) in [5, 5.41) is 4.76. The first-order chi connectivity index (χ1) is 8.90. The van der Waals surface area contributed by atoms with Gasteiger partial charge >= 0.3 is 0 Å². The van der Waals surface area contributed by atoms with Crippen molar-refractivity contribution in [1.82, 2.24) is 9.78 Å². The molecule has 1 aromatic heterocycles. The summed E-state index contributed by atoms with van der Waals surface area (Å²) in [6.45, 7) is 12.7. The Balaban J connectivity index is 2.83. The third-order valence-corrected chi connectivity index (χ3v) is 2.63. The molecule has 0 aliphatic heterocycles. The van der Waals surface area contributed by atoms with E-state index in [-0.39, 0.29) is 0 Å². The van der Waals surface area contributed by atoms with E-state index in [0.29, 0.717) is 22.6 Å². The van der Waals surface area contributed by atoms with E-state index in [1.807, 2.05) is 10.7 Å². The first-order valence-electron chi connectivity index (χ1n) is 6.37. The van der Waals surface area contributed by atoms with Crippen molar-refractivity contribution in [3.05, 3.63) is 24.5 Å². The van der Waals surface area contributed by atoms with Gasteiger partial charge in [0.1, 0.15) is 11.0 Å². The third kappa shape index (κ3) is 5.39. The first-order valence-corrected chi connectivity index (χ1v) is 6.75. The van der Waals surface area contributed by atoms with E-state index in [0.717, 1.165) is 18.7 Å². The molecule has 0 atom stereocenters. The van der Waals surface area contributed by atoms with Gasteiger partial charge in [-0.1, -0.05) is 32.0 Å². The molecule has 0 bridgehead atoms. The molecular formula is C14H21ClN4. The predicted molar refractivity (Wildman–Crippen MR) is 82.8 cm³/mol. The maximum atomic E-state index is 5.72. The summed E-state index contributed by atoms with van der Waals surface area (Å²) in [7, 11) is 0. The number of nitrogens with zero attached hydrogens (tertiary/aromatic N) is 4. The summed E-state index contributed by atoms with van der Waals surface area (Å²) in [5.74, 6) is 1.23. The number of hydrogen-bond donors (Lipinski definition) is 0. The van der Waals surface area contributed by atoms with E-state index in [4.69, 9.17) is 11.6 Å². The number of hydrogen-bond acceptors (Lipinski definition) is 2. The van der Waals surface area contributed by atoms with Crippen molar-refractivity contribution in [3.8, 4) is 0 Å². The summed E-state index contributed by atoms with van der Waals surface area (Å²) in [6.07, 6.45) is 2.84. The fraction of sp³-hybridized carbons (Fsp3) is 0.500. The van der Waals surface area contributed by atoms with Crippen LogP contribution in [0.3, 0.4) is 0 Å². The number of aryl methyl sites for hydroxylation is 1. The number of rotatable bonds is 5. The zero-order valence-electron chi connectivity index (χ0n) is 12.0. The Morgan fingerprint density at radius 2 is 2.11 bits per heavy atom. The molecule has 104 valence electrons. The largest absolute Gasteiger partial charge is 0.263 e. The second kappa shape index (κ2) is 7.24. The Labute approximate surface area is 119 Å². The second-order valence-corrected chi connectivity index (χ2v) is 5.38. The maximum absolute atomic E-state index is 5.72. The molecule has 0 aromatic carbocycles. The SMILES string of the molecule is C=C(N=C(C)N=C(C)Cl)c1ccnn1CCC(C)C. The van der Waals surface area contributed by atoms with E-state index in [1.165, 1.54) is 0 Å². The molecule has 0 aliphatic rings. The molecule has 0 unspecified atom stereocenters. The van der Waals surface area contributed by atoms with Gasteiger partial charge in [0.2, 0.25) is 0 Å². The Hall–Kier alpha value is -1.42. The third-order valence-electron chi connectivity index (χ3n) is 2.54. The predicted octanol–water partition coefficient (Wildman–Crippen LogP) is 3.98. The minimum atomic E-state index is 0.461. The highest BCUT2D eigenvalue weighted by atomic mass is 35.5. The molecule has 0 N–H and O–H groups in total. The summed E-state index contributed by atoms with van der Waals surface area (Å²) < 4.78 is 1.93. The van der Waals surface area contributed by atoms with Gasteiger partial charge in [-0.3, -0.25) is 4.68 Å². The number of amidine groups is 1. The lowest BCUT2D eigenvalue weighted by Crippen LogP contribution is -2.06. The van der Waals surface area contributed by atoms with Crippen molar-refractivity contribution in [1.29, 1.82) is 0 Å². The monoisotopic (exact) mass is 280 g/mol. The summed E-state index contributed by atoms with van der Waals surface area (Å²) >= 11 is 5.72. The maximum Gasteiger partial charge on any atom is 0.127 e. The van der Waals surface area contributed by atoms with Gasteiger partial charge in [-0.2, -0.15) is 5.10 Å². The molecule has 1 aromatic rings. The molecule has 0 aliphatic carbocycles. The van der Waals surface area contributed by atoms with Crippen molar-refractivity contribution in [2.24, 2.45) is 15.9 Å².